The first-order chi connectivity index (χ1) is 4.10. The summed E-state index contributed by atoms with van der Waals surface area (Å²) in [4.78, 5) is 0. The van der Waals surface area contributed by atoms with Crippen LogP contribution in [0.5, 0.6) is 0 Å². The van der Waals surface area contributed by atoms with Gasteiger partial charge in [-0.1, -0.05) is 12.2 Å². The molecule has 1 rings (SSSR count). The molecule has 66 valence electrons. The maximum Gasteiger partial charge on any atom is 0.0350 e. The van der Waals surface area contributed by atoms with Crippen molar-refractivity contribution in [3.63, 3.8) is 0 Å². The normalized spacial score (nSPS) is 28.0. The van der Waals surface area contributed by atoms with Crippen molar-refractivity contribution in [2.45, 2.75) is 18.9 Å². The monoisotopic (exact) mass is 196 g/mol. The van der Waals surface area contributed by atoms with Crippen LogP contribution in [0.25, 0.3) is 0 Å². The molecule has 0 amide bonds. The molecule has 2 nitrogen and oxygen atoms in total. The van der Waals surface area contributed by atoms with Gasteiger partial charge in [-0.2, -0.15) is 0 Å². The van der Waals surface area contributed by atoms with Gasteiger partial charge in [-0.3, -0.25) is 0 Å². The van der Waals surface area contributed by atoms with Crippen LogP contribution in [0.4, 0.5) is 0 Å². The highest BCUT2D eigenvalue weighted by Gasteiger charge is 2.14. The van der Waals surface area contributed by atoms with E-state index >= 15 is 0 Å². The third-order valence-electron chi connectivity index (χ3n) is 1.43. The Morgan fingerprint density at radius 1 is 1.45 bits per heavy atom. The van der Waals surface area contributed by atoms with E-state index in [-0.39, 0.29) is 30.4 Å². The molecule has 1 aliphatic rings. The fourth-order valence-electron chi connectivity index (χ4n) is 0.760. The molecule has 0 saturated heterocycles. The minimum absolute atomic E-state index is 0. The molecule has 0 aromatic heterocycles. The largest absolute Gasteiger partial charge is 0.399 e. The maximum absolute atomic E-state index is 5.75. The van der Waals surface area contributed by atoms with Crippen molar-refractivity contribution in [1.29, 1.82) is 0 Å². The maximum atomic E-state index is 5.75. The molecule has 1 aliphatic carbocycles. The van der Waals surface area contributed by atoms with Crippen molar-refractivity contribution in [1.82, 2.24) is 0 Å². The Morgan fingerprint density at radius 3 is 2.27 bits per heavy atom. The smallest absolute Gasteiger partial charge is 0.0350 e. The zero-order chi connectivity index (χ0) is 6.91. The lowest BCUT2D eigenvalue weighted by molar-refractivity contribution is 0.586. The second-order valence-corrected chi connectivity index (χ2v) is 2.75. The number of hydrogen-bond donors (Lipinski definition) is 2. The Balaban J connectivity index is 0. The van der Waals surface area contributed by atoms with E-state index in [2.05, 4.69) is 0 Å². The predicted octanol–water partition coefficient (Wildman–Crippen LogP) is 1.35. The molecule has 0 heterocycles. The molecular formula is C7H14Cl2N2. The van der Waals surface area contributed by atoms with Crippen molar-refractivity contribution >= 4 is 24.8 Å². The molecule has 4 heteroatoms. The Labute approximate surface area is 79.5 Å². The van der Waals surface area contributed by atoms with Crippen LogP contribution < -0.4 is 11.5 Å². The van der Waals surface area contributed by atoms with E-state index in [1.807, 2.05) is 25.2 Å². The summed E-state index contributed by atoms with van der Waals surface area (Å²) in [5, 5.41) is 0. The van der Waals surface area contributed by atoms with E-state index in [1.165, 1.54) is 0 Å². The minimum Gasteiger partial charge on any atom is -0.399 e. The van der Waals surface area contributed by atoms with Crippen molar-refractivity contribution in [2.24, 2.45) is 11.5 Å². The van der Waals surface area contributed by atoms with Gasteiger partial charge in [0.1, 0.15) is 0 Å². The highest BCUT2D eigenvalue weighted by atomic mass is 35.5. The summed E-state index contributed by atoms with van der Waals surface area (Å²) in [5.74, 6) is 0. The quantitative estimate of drug-likeness (QED) is 0.615. The van der Waals surface area contributed by atoms with Crippen LogP contribution in [0.2, 0.25) is 0 Å². The second-order valence-electron chi connectivity index (χ2n) is 2.75. The molecule has 0 radical (unpaired) electrons. The van der Waals surface area contributed by atoms with Crippen LogP contribution >= 0.6 is 24.8 Å². The van der Waals surface area contributed by atoms with E-state index in [9.17, 15) is 0 Å². The molecule has 0 spiro atoms. The summed E-state index contributed by atoms with van der Waals surface area (Å²) in [7, 11) is 0. The topological polar surface area (TPSA) is 52.0 Å². The average Bonchev–Trinajstić information content (AvgIpc) is 1.78. The van der Waals surface area contributed by atoms with E-state index in [1.54, 1.807) is 0 Å². The van der Waals surface area contributed by atoms with Crippen LogP contribution in [0.3, 0.4) is 0 Å². The lowest BCUT2D eigenvalue weighted by Gasteiger charge is -2.21. The fourth-order valence-corrected chi connectivity index (χ4v) is 0.760. The van der Waals surface area contributed by atoms with Crippen molar-refractivity contribution in [2.75, 3.05) is 0 Å². The van der Waals surface area contributed by atoms with Crippen LogP contribution in [0.15, 0.2) is 23.9 Å². The van der Waals surface area contributed by atoms with Gasteiger partial charge in [0.15, 0.2) is 0 Å². The van der Waals surface area contributed by atoms with E-state index in [0.29, 0.717) is 0 Å². The second kappa shape index (κ2) is 4.65. The van der Waals surface area contributed by atoms with Gasteiger partial charge in [0, 0.05) is 11.2 Å². The molecule has 0 aromatic rings. The molecule has 0 fully saturated rings. The number of nitrogens with two attached hydrogens (primary N) is 2. The highest BCUT2D eigenvalue weighted by Crippen LogP contribution is 2.14. The molecule has 0 bridgehead atoms. The van der Waals surface area contributed by atoms with E-state index in [0.717, 1.165) is 12.1 Å². The molecule has 0 aliphatic heterocycles. The van der Waals surface area contributed by atoms with Crippen LogP contribution in [-0.2, 0) is 0 Å². The molecule has 11 heavy (non-hydrogen) atoms. The Bertz CT molecular complexity index is 173. The molecule has 0 aromatic carbocycles. The summed E-state index contributed by atoms with van der Waals surface area (Å²) in [6, 6.07) is 0. The predicted molar refractivity (Wildman–Crippen MR) is 53.1 cm³/mol. The molecular weight excluding hydrogens is 183 g/mol. The zero-order valence-corrected chi connectivity index (χ0v) is 8.04. The first-order valence-corrected chi connectivity index (χ1v) is 3.04. The highest BCUT2D eigenvalue weighted by molar-refractivity contribution is 5.85. The van der Waals surface area contributed by atoms with E-state index < -0.39 is 0 Å². The van der Waals surface area contributed by atoms with Gasteiger partial charge in [0.05, 0.1) is 0 Å². The van der Waals surface area contributed by atoms with Crippen LogP contribution in [0.1, 0.15) is 13.3 Å². The molecule has 1 unspecified atom stereocenters. The Morgan fingerprint density at radius 2 is 2.00 bits per heavy atom. The number of halogens is 2. The molecule has 4 N–H and O–H groups in total. The van der Waals surface area contributed by atoms with Gasteiger partial charge in [0.2, 0.25) is 0 Å². The van der Waals surface area contributed by atoms with Crippen molar-refractivity contribution in [3.05, 3.63) is 23.9 Å². The SMILES string of the molecule is CC1(N)C=CC(N)=CC1.Cl.Cl. The summed E-state index contributed by atoms with van der Waals surface area (Å²) < 4.78 is 0. The summed E-state index contributed by atoms with van der Waals surface area (Å²) in [5.41, 5.74) is 11.9. The summed E-state index contributed by atoms with van der Waals surface area (Å²) in [6.45, 7) is 1.98. The van der Waals surface area contributed by atoms with Gasteiger partial charge in [-0.15, -0.1) is 24.8 Å². The number of rotatable bonds is 0. The van der Waals surface area contributed by atoms with E-state index in [4.69, 9.17) is 11.5 Å². The fraction of sp³-hybridized carbons (Fsp3) is 0.429. The molecule has 0 saturated carbocycles. The molecule has 1 atom stereocenters. The van der Waals surface area contributed by atoms with Crippen molar-refractivity contribution < 1.29 is 0 Å². The minimum atomic E-state index is -0.178. The van der Waals surface area contributed by atoms with Gasteiger partial charge < -0.3 is 11.5 Å². The zero-order valence-electron chi connectivity index (χ0n) is 6.41. The van der Waals surface area contributed by atoms with Gasteiger partial charge in [-0.05, 0) is 19.4 Å². The van der Waals surface area contributed by atoms with Gasteiger partial charge >= 0.3 is 0 Å². The van der Waals surface area contributed by atoms with Crippen molar-refractivity contribution in [3.8, 4) is 0 Å². The Hall–Kier alpha value is -0.180. The lowest BCUT2D eigenvalue weighted by Crippen LogP contribution is -2.34. The van der Waals surface area contributed by atoms with Crippen LogP contribution in [0, 0.1) is 0 Å². The summed E-state index contributed by atoms with van der Waals surface area (Å²) in [6.07, 6.45) is 6.57. The third kappa shape index (κ3) is 4.30. The van der Waals surface area contributed by atoms with Gasteiger partial charge in [-0.25, -0.2) is 0 Å². The lowest BCUT2D eigenvalue weighted by atomic mass is 9.94. The average molecular weight is 197 g/mol. The number of hydrogen-bond acceptors (Lipinski definition) is 2. The van der Waals surface area contributed by atoms with Crippen LogP contribution in [-0.4, -0.2) is 5.54 Å². The first kappa shape index (κ1) is 13.4. The standard InChI is InChI=1S/C7H12N2.2ClH/c1-7(9)4-2-6(8)3-5-7;;/h2-4H,5,8-9H2,1H3;2*1H. The third-order valence-corrected chi connectivity index (χ3v) is 1.43. The summed E-state index contributed by atoms with van der Waals surface area (Å²) >= 11 is 0. The van der Waals surface area contributed by atoms with Gasteiger partial charge in [0.25, 0.3) is 0 Å². The number of allylic oxidation sites excluding steroid dienone is 1. The Kier molecular flexibility index (Phi) is 5.67. The first-order valence-electron chi connectivity index (χ1n) is 3.04.